The Balaban J connectivity index is 4.47. The molecule has 0 aromatic carbocycles. The second-order valence-electron chi connectivity index (χ2n) is 3.40. The van der Waals surface area contributed by atoms with Gasteiger partial charge < -0.3 is 10.9 Å². The van der Waals surface area contributed by atoms with Crippen molar-refractivity contribution in [2.24, 2.45) is 10.9 Å². The highest BCUT2D eigenvalue weighted by molar-refractivity contribution is 7.87. The van der Waals surface area contributed by atoms with Gasteiger partial charge in [0.15, 0.2) is 0 Å². The minimum absolute atomic E-state index is 0.00486. The van der Waals surface area contributed by atoms with E-state index in [2.05, 4.69) is 9.88 Å². The van der Waals surface area contributed by atoms with E-state index in [9.17, 15) is 8.42 Å². The highest BCUT2D eigenvalue weighted by atomic mass is 32.2. The number of oxime groups is 1. The molecule has 8 heteroatoms. The maximum Gasteiger partial charge on any atom is 0.279 e. The second-order valence-corrected chi connectivity index (χ2v) is 5.11. The monoisotopic (exact) mass is 252 g/mol. The molecule has 0 aromatic rings. The number of nitrogens with two attached hydrogens (primary N) is 1. The number of nitrogens with zero attached hydrogens (tertiary/aromatic N) is 2. The highest BCUT2D eigenvalue weighted by Gasteiger charge is 2.21. The predicted octanol–water partition coefficient (Wildman–Crippen LogP) is -0.312. The van der Waals surface area contributed by atoms with Gasteiger partial charge in [-0.15, -0.1) is 0 Å². The van der Waals surface area contributed by atoms with Crippen molar-refractivity contribution in [3.8, 4) is 0 Å². The SMILES string of the molecule is CCN(CC)S(=O)(=O)NC(C)CC(N)=NO. The van der Waals surface area contributed by atoms with Crippen LogP contribution in [0, 0.1) is 0 Å². The summed E-state index contributed by atoms with van der Waals surface area (Å²) in [5.74, 6) is -0.00486. The third kappa shape index (κ3) is 4.77. The highest BCUT2D eigenvalue weighted by Crippen LogP contribution is 2.00. The van der Waals surface area contributed by atoms with Crippen molar-refractivity contribution in [2.45, 2.75) is 33.2 Å². The summed E-state index contributed by atoms with van der Waals surface area (Å²) >= 11 is 0. The van der Waals surface area contributed by atoms with Gasteiger partial charge in [0.25, 0.3) is 10.2 Å². The van der Waals surface area contributed by atoms with Crippen molar-refractivity contribution in [3.63, 3.8) is 0 Å². The summed E-state index contributed by atoms with van der Waals surface area (Å²) < 4.78 is 27.2. The van der Waals surface area contributed by atoms with E-state index in [4.69, 9.17) is 10.9 Å². The van der Waals surface area contributed by atoms with Crippen LogP contribution >= 0.6 is 0 Å². The third-order valence-corrected chi connectivity index (χ3v) is 3.94. The first-order valence-electron chi connectivity index (χ1n) is 5.11. The van der Waals surface area contributed by atoms with E-state index in [1.807, 2.05) is 0 Å². The first-order chi connectivity index (χ1) is 7.37. The molecule has 1 atom stereocenters. The standard InChI is InChI=1S/C8H20N4O3S/c1-4-12(5-2)16(14,15)11-7(3)6-8(9)10-13/h7,11,13H,4-6H2,1-3H3,(H2,9,10). The molecule has 1 unspecified atom stereocenters. The van der Waals surface area contributed by atoms with Crippen molar-refractivity contribution >= 4 is 16.0 Å². The average molecular weight is 252 g/mol. The maximum atomic E-state index is 11.7. The van der Waals surface area contributed by atoms with Crippen LogP contribution in [0.4, 0.5) is 0 Å². The Morgan fingerprint density at radius 2 is 2.00 bits per heavy atom. The topological polar surface area (TPSA) is 108 Å². The van der Waals surface area contributed by atoms with Gasteiger partial charge in [-0.3, -0.25) is 0 Å². The number of amidine groups is 1. The van der Waals surface area contributed by atoms with Crippen LogP contribution in [0.15, 0.2) is 5.16 Å². The molecule has 0 aromatic heterocycles. The summed E-state index contributed by atoms with van der Waals surface area (Å²) in [6, 6.07) is -0.415. The van der Waals surface area contributed by atoms with Crippen molar-refractivity contribution < 1.29 is 13.6 Å². The fourth-order valence-corrected chi connectivity index (χ4v) is 2.71. The summed E-state index contributed by atoms with van der Waals surface area (Å²) in [4.78, 5) is 0. The van der Waals surface area contributed by atoms with Gasteiger partial charge in [-0.1, -0.05) is 19.0 Å². The molecular weight excluding hydrogens is 232 g/mol. The van der Waals surface area contributed by atoms with Gasteiger partial charge in [-0.25, -0.2) is 0 Å². The molecular formula is C8H20N4O3S. The molecule has 0 saturated heterocycles. The van der Waals surface area contributed by atoms with Crippen molar-refractivity contribution in [1.82, 2.24) is 9.03 Å². The minimum Gasteiger partial charge on any atom is -0.409 e. The maximum absolute atomic E-state index is 11.7. The van der Waals surface area contributed by atoms with Gasteiger partial charge in [-0.2, -0.15) is 17.4 Å². The fourth-order valence-electron chi connectivity index (χ4n) is 1.29. The molecule has 0 aliphatic carbocycles. The lowest BCUT2D eigenvalue weighted by Gasteiger charge is -2.21. The van der Waals surface area contributed by atoms with Crippen molar-refractivity contribution in [1.29, 1.82) is 0 Å². The number of hydrogen-bond donors (Lipinski definition) is 3. The van der Waals surface area contributed by atoms with Crippen LogP contribution in [-0.4, -0.2) is 42.9 Å². The molecule has 4 N–H and O–H groups in total. The summed E-state index contributed by atoms with van der Waals surface area (Å²) in [5.41, 5.74) is 5.29. The van der Waals surface area contributed by atoms with Crippen LogP contribution < -0.4 is 10.5 Å². The molecule has 0 spiro atoms. The zero-order valence-electron chi connectivity index (χ0n) is 9.84. The molecule has 0 bridgehead atoms. The van der Waals surface area contributed by atoms with E-state index in [-0.39, 0.29) is 12.3 Å². The Labute approximate surface area is 96.5 Å². The van der Waals surface area contributed by atoms with Crippen LogP contribution in [0.1, 0.15) is 27.2 Å². The summed E-state index contributed by atoms with van der Waals surface area (Å²) in [6.45, 7) is 5.98. The van der Waals surface area contributed by atoms with Crippen molar-refractivity contribution in [2.75, 3.05) is 13.1 Å². The van der Waals surface area contributed by atoms with E-state index in [0.717, 1.165) is 0 Å². The molecule has 0 saturated carbocycles. The van der Waals surface area contributed by atoms with Crippen LogP contribution in [0.5, 0.6) is 0 Å². The van der Waals surface area contributed by atoms with Gasteiger partial charge in [0.05, 0.1) is 0 Å². The fraction of sp³-hybridized carbons (Fsp3) is 0.875. The van der Waals surface area contributed by atoms with Crippen LogP contribution in [0.2, 0.25) is 0 Å². The van der Waals surface area contributed by atoms with E-state index < -0.39 is 16.3 Å². The van der Waals surface area contributed by atoms with E-state index in [1.165, 1.54) is 4.31 Å². The second kappa shape index (κ2) is 6.66. The lowest BCUT2D eigenvalue weighted by atomic mass is 10.2. The Kier molecular flexibility index (Phi) is 6.31. The van der Waals surface area contributed by atoms with Gasteiger partial charge >= 0.3 is 0 Å². The molecule has 0 heterocycles. The number of nitrogens with one attached hydrogen (secondary N) is 1. The molecule has 0 radical (unpaired) electrons. The first-order valence-corrected chi connectivity index (χ1v) is 6.55. The van der Waals surface area contributed by atoms with Gasteiger partial charge in [-0.05, 0) is 6.92 Å². The lowest BCUT2D eigenvalue weighted by Crippen LogP contribution is -2.45. The van der Waals surface area contributed by atoms with Crippen molar-refractivity contribution in [3.05, 3.63) is 0 Å². The number of hydrogen-bond acceptors (Lipinski definition) is 4. The van der Waals surface area contributed by atoms with Gasteiger partial charge in [0, 0.05) is 25.6 Å². The van der Waals surface area contributed by atoms with Crippen LogP contribution in [0.25, 0.3) is 0 Å². The third-order valence-electron chi connectivity index (χ3n) is 2.04. The minimum atomic E-state index is -3.48. The molecule has 16 heavy (non-hydrogen) atoms. The first kappa shape index (κ1) is 15.1. The zero-order valence-corrected chi connectivity index (χ0v) is 10.7. The largest absolute Gasteiger partial charge is 0.409 e. The Morgan fingerprint density at radius 1 is 1.50 bits per heavy atom. The normalized spacial score (nSPS) is 15.4. The quantitative estimate of drug-likeness (QED) is 0.250. The molecule has 7 nitrogen and oxygen atoms in total. The molecule has 0 fully saturated rings. The summed E-state index contributed by atoms with van der Waals surface area (Å²) in [6.07, 6.45) is 0.164. The Morgan fingerprint density at radius 3 is 2.38 bits per heavy atom. The summed E-state index contributed by atoms with van der Waals surface area (Å²) in [5, 5.41) is 11.1. The van der Waals surface area contributed by atoms with E-state index >= 15 is 0 Å². The molecule has 0 aliphatic heterocycles. The molecule has 0 amide bonds. The number of rotatable bonds is 7. The summed E-state index contributed by atoms with van der Waals surface area (Å²) in [7, 11) is -3.48. The van der Waals surface area contributed by atoms with Gasteiger partial charge in [0.2, 0.25) is 0 Å². The average Bonchev–Trinajstić information content (AvgIpc) is 2.17. The molecule has 0 rings (SSSR count). The zero-order chi connectivity index (χ0) is 12.8. The smallest absolute Gasteiger partial charge is 0.279 e. The molecule has 0 aliphatic rings. The Hall–Kier alpha value is -0.860. The lowest BCUT2D eigenvalue weighted by molar-refractivity contribution is 0.316. The van der Waals surface area contributed by atoms with Crippen LogP contribution in [0.3, 0.4) is 0 Å². The van der Waals surface area contributed by atoms with Gasteiger partial charge in [0.1, 0.15) is 5.84 Å². The Bertz CT molecular complexity index is 324. The van der Waals surface area contributed by atoms with Crippen LogP contribution in [-0.2, 0) is 10.2 Å². The van der Waals surface area contributed by atoms with E-state index in [1.54, 1.807) is 20.8 Å². The van der Waals surface area contributed by atoms with E-state index in [0.29, 0.717) is 13.1 Å². The molecule has 96 valence electrons. The predicted molar refractivity (Wildman–Crippen MR) is 62.5 cm³/mol.